The number of hydrogen-bond acceptors (Lipinski definition) is 3. The van der Waals surface area contributed by atoms with Gasteiger partial charge in [-0.1, -0.05) is 54.6 Å². The number of carbonyl (C=O) groups is 1. The van der Waals surface area contributed by atoms with Crippen molar-refractivity contribution in [1.29, 1.82) is 0 Å². The SMILES string of the molecule is Cc1ccccc1CNC(=O)CNC(CCO)c1ccccc1. The molecule has 4 nitrogen and oxygen atoms in total. The number of carbonyl (C=O) groups excluding carboxylic acids is 1. The minimum Gasteiger partial charge on any atom is -0.396 e. The van der Waals surface area contributed by atoms with Crippen LogP contribution in [0.3, 0.4) is 0 Å². The van der Waals surface area contributed by atoms with Crippen LogP contribution in [-0.2, 0) is 11.3 Å². The smallest absolute Gasteiger partial charge is 0.234 e. The van der Waals surface area contributed by atoms with Crippen molar-refractivity contribution in [3.63, 3.8) is 0 Å². The van der Waals surface area contributed by atoms with Crippen molar-refractivity contribution in [2.45, 2.75) is 25.9 Å². The summed E-state index contributed by atoms with van der Waals surface area (Å²) in [5.41, 5.74) is 3.37. The van der Waals surface area contributed by atoms with Gasteiger partial charge in [0.2, 0.25) is 5.91 Å². The third-order valence-corrected chi connectivity index (χ3v) is 3.87. The first-order chi connectivity index (χ1) is 11.2. The summed E-state index contributed by atoms with van der Waals surface area (Å²) in [7, 11) is 0. The van der Waals surface area contributed by atoms with E-state index in [0.29, 0.717) is 13.0 Å². The van der Waals surface area contributed by atoms with Crippen molar-refractivity contribution in [3.05, 3.63) is 71.3 Å². The topological polar surface area (TPSA) is 61.4 Å². The molecule has 3 N–H and O–H groups in total. The number of hydrogen-bond donors (Lipinski definition) is 3. The summed E-state index contributed by atoms with van der Waals surface area (Å²) in [6.07, 6.45) is 0.578. The Morgan fingerprint density at radius 2 is 1.78 bits per heavy atom. The van der Waals surface area contributed by atoms with E-state index in [2.05, 4.69) is 10.6 Å². The van der Waals surface area contributed by atoms with E-state index in [9.17, 15) is 9.90 Å². The molecule has 0 saturated carbocycles. The van der Waals surface area contributed by atoms with E-state index in [1.807, 2.05) is 61.5 Å². The first kappa shape index (κ1) is 17.2. The number of aliphatic hydroxyl groups excluding tert-OH is 1. The van der Waals surface area contributed by atoms with E-state index in [4.69, 9.17) is 0 Å². The van der Waals surface area contributed by atoms with E-state index in [-0.39, 0.29) is 25.1 Å². The average molecular weight is 312 g/mol. The van der Waals surface area contributed by atoms with E-state index in [1.54, 1.807) is 0 Å². The van der Waals surface area contributed by atoms with Crippen LogP contribution in [0.15, 0.2) is 54.6 Å². The van der Waals surface area contributed by atoms with Gasteiger partial charge in [-0.3, -0.25) is 4.79 Å². The standard InChI is InChI=1S/C19H24N2O2/c1-15-7-5-6-10-17(15)13-21-19(23)14-20-18(11-12-22)16-8-3-2-4-9-16/h2-10,18,20,22H,11-14H2,1H3,(H,21,23). The molecule has 1 atom stereocenters. The molecule has 0 aliphatic rings. The maximum absolute atomic E-state index is 12.0. The second kappa shape index (κ2) is 9.08. The summed E-state index contributed by atoms with van der Waals surface area (Å²) in [4.78, 5) is 12.0. The Morgan fingerprint density at radius 3 is 2.48 bits per heavy atom. The lowest BCUT2D eigenvalue weighted by Gasteiger charge is -2.18. The molecule has 0 bridgehead atoms. The summed E-state index contributed by atoms with van der Waals surface area (Å²) < 4.78 is 0. The Balaban J connectivity index is 1.83. The van der Waals surface area contributed by atoms with Crippen LogP contribution in [-0.4, -0.2) is 24.2 Å². The molecular weight excluding hydrogens is 288 g/mol. The largest absolute Gasteiger partial charge is 0.396 e. The lowest BCUT2D eigenvalue weighted by Crippen LogP contribution is -2.35. The van der Waals surface area contributed by atoms with Crippen LogP contribution in [0.1, 0.15) is 29.2 Å². The van der Waals surface area contributed by atoms with Crippen molar-refractivity contribution in [2.24, 2.45) is 0 Å². The monoisotopic (exact) mass is 312 g/mol. The molecule has 2 aromatic carbocycles. The molecule has 0 radical (unpaired) electrons. The molecule has 0 spiro atoms. The highest BCUT2D eigenvalue weighted by atomic mass is 16.3. The number of rotatable bonds is 8. The molecule has 2 aromatic rings. The van der Waals surface area contributed by atoms with Gasteiger partial charge in [0, 0.05) is 19.2 Å². The average Bonchev–Trinajstić information content (AvgIpc) is 2.58. The minimum absolute atomic E-state index is 0.0228. The highest BCUT2D eigenvalue weighted by Gasteiger charge is 2.12. The zero-order chi connectivity index (χ0) is 16.5. The van der Waals surface area contributed by atoms with Gasteiger partial charge in [-0.05, 0) is 30.0 Å². The van der Waals surface area contributed by atoms with Crippen LogP contribution in [0, 0.1) is 6.92 Å². The van der Waals surface area contributed by atoms with Crippen LogP contribution in [0.5, 0.6) is 0 Å². The van der Waals surface area contributed by atoms with Crippen LogP contribution >= 0.6 is 0 Å². The lowest BCUT2D eigenvalue weighted by molar-refractivity contribution is -0.120. The Bertz CT molecular complexity index is 614. The van der Waals surface area contributed by atoms with Gasteiger partial charge in [-0.2, -0.15) is 0 Å². The number of aryl methyl sites for hydroxylation is 1. The lowest BCUT2D eigenvalue weighted by atomic mass is 10.0. The summed E-state index contributed by atoms with van der Waals surface area (Å²) >= 11 is 0. The molecule has 2 rings (SSSR count). The zero-order valence-corrected chi connectivity index (χ0v) is 13.5. The van der Waals surface area contributed by atoms with Gasteiger partial charge in [-0.25, -0.2) is 0 Å². The Kier molecular flexibility index (Phi) is 6.78. The minimum atomic E-state index is -0.0490. The molecule has 0 heterocycles. The third-order valence-electron chi connectivity index (χ3n) is 3.87. The molecule has 1 amide bonds. The van der Waals surface area contributed by atoms with Gasteiger partial charge in [-0.15, -0.1) is 0 Å². The summed E-state index contributed by atoms with van der Waals surface area (Å²) in [6.45, 7) is 2.87. The quantitative estimate of drug-likeness (QED) is 0.701. The van der Waals surface area contributed by atoms with Gasteiger partial charge in [0.25, 0.3) is 0 Å². The summed E-state index contributed by atoms with van der Waals surface area (Å²) in [5.74, 6) is -0.0490. The molecule has 0 fully saturated rings. The second-order valence-corrected chi connectivity index (χ2v) is 5.56. The van der Waals surface area contributed by atoms with Gasteiger partial charge >= 0.3 is 0 Å². The Hall–Kier alpha value is -2.17. The second-order valence-electron chi connectivity index (χ2n) is 5.56. The normalized spacial score (nSPS) is 11.9. The number of nitrogens with one attached hydrogen (secondary N) is 2. The fourth-order valence-electron chi connectivity index (χ4n) is 2.48. The van der Waals surface area contributed by atoms with Crippen molar-refractivity contribution < 1.29 is 9.90 Å². The van der Waals surface area contributed by atoms with Gasteiger partial charge < -0.3 is 15.7 Å². The number of aliphatic hydroxyl groups is 1. The van der Waals surface area contributed by atoms with E-state index >= 15 is 0 Å². The maximum Gasteiger partial charge on any atom is 0.234 e. The third kappa shape index (κ3) is 5.51. The van der Waals surface area contributed by atoms with Gasteiger partial charge in [0.15, 0.2) is 0 Å². The van der Waals surface area contributed by atoms with E-state index in [0.717, 1.165) is 11.1 Å². The Morgan fingerprint density at radius 1 is 1.09 bits per heavy atom. The molecular formula is C19H24N2O2. The fraction of sp³-hybridized carbons (Fsp3) is 0.316. The van der Waals surface area contributed by atoms with Crippen molar-refractivity contribution in [3.8, 4) is 0 Å². The van der Waals surface area contributed by atoms with Crippen LogP contribution in [0.2, 0.25) is 0 Å². The van der Waals surface area contributed by atoms with Crippen LogP contribution < -0.4 is 10.6 Å². The summed E-state index contributed by atoms with van der Waals surface area (Å²) in [5, 5.41) is 15.3. The fourth-order valence-corrected chi connectivity index (χ4v) is 2.48. The van der Waals surface area contributed by atoms with Crippen molar-refractivity contribution in [1.82, 2.24) is 10.6 Å². The molecule has 0 aliphatic heterocycles. The molecule has 4 heteroatoms. The summed E-state index contributed by atoms with van der Waals surface area (Å²) in [6, 6.07) is 17.9. The number of amides is 1. The molecule has 0 saturated heterocycles. The van der Waals surface area contributed by atoms with Gasteiger partial charge in [0.1, 0.15) is 0 Å². The van der Waals surface area contributed by atoms with E-state index < -0.39 is 0 Å². The van der Waals surface area contributed by atoms with Crippen LogP contribution in [0.25, 0.3) is 0 Å². The molecule has 0 aliphatic carbocycles. The molecule has 122 valence electrons. The highest BCUT2D eigenvalue weighted by molar-refractivity contribution is 5.78. The van der Waals surface area contributed by atoms with Crippen LogP contribution in [0.4, 0.5) is 0 Å². The zero-order valence-electron chi connectivity index (χ0n) is 13.5. The molecule has 0 aromatic heterocycles. The van der Waals surface area contributed by atoms with Gasteiger partial charge in [0.05, 0.1) is 6.54 Å². The van der Waals surface area contributed by atoms with Crippen molar-refractivity contribution >= 4 is 5.91 Å². The predicted octanol–water partition coefficient (Wildman–Crippen LogP) is 2.32. The van der Waals surface area contributed by atoms with Crippen molar-refractivity contribution in [2.75, 3.05) is 13.2 Å². The number of benzene rings is 2. The first-order valence-electron chi connectivity index (χ1n) is 7.91. The first-order valence-corrected chi connectivity index (χ1v) is 7.91. The molecule has 23 heavy (non-hydrogen) atoms. The highest BCUT2D eigenvalue weighted by Crippen LogP contribution is 2.15. The van der Waals surface area contributed by atoms with E-state index in [1.165, 1.54) is 5.56 Å². The predicted molar refractivity (Wildman–Crippen MR) is 91.9 cm³/mol. The molecule has 1 unspecified atom stereocenters. The maximum atomic E-state index is 12.0. The Labute approximate surface area is 137 Å².